The van der Waals surface area contributed by atoms with E-state index < -0.39 is 17.4 Å². The first-order chi connectivity index (χ1) is 12.3. The highest BCUT2D eigenvalue weighted by Crippen LogP contribution is 2.20. The van der Waals surface area contributed by atoms with Gasteiger partial charge < -0.3 is 15.2 Å². The Labute approximate surface area is 150 Å². The van der Waals surface area contributed by atoms with Gasteiger partial charge in [0.25, 0.3) is 11.5 Å². The minimum atomic E-state index is -1.04. The van der Waals surface area contributed by atoms with E-state index in [4.69, 9.17) is 9.84 Å². The molecule has 0 fully saturated rings. The van der Waals surface area contributed by atoms with E-state index in [1.54, 1.807) is 19.9 Å². The Hall–Kier alpha value is -3.16. The molecule has 0 aliphatic heterocycles. The molecule has 1 aromatic heterocycles. The van der Waals surface area contributed by atoms with Crippen molar-refractivity contribution in [2.75, 3.05) is 13.7 Å². The first-order valence-electron chi connectivity index (χ1n) is 7.99. The van der Waals surface area contributed by atoms with E-state index in [0.717, 1.165) is 10.2 Å². The number of carboxylic acid groups (broad SMARTS) is 1. The maximum atomic E-state index is 12.4. The third-order valence-corrected chi connectivity index (χ3v) is 4.17. The number of aryl methyl sites for hydroxylation is 2. The fraction of sp³-hybridized carbons (Fsp3) is 0.333. The van der Waals surface area contributed by atoms with Gasteiger partial charge in [0.05, 0.1) is 18.4 Å². The molecular weight excluding hydrogens is 338 g/mol. The van der Waals surface area contributed by atoms with Crippen molar-refractivity contribution < 1.29 is 19.4 Å². The summed E-state index contributed by atoms with van der Waals surface area (Å²) >= 11 is 0. The summed E-state index contributed by atoms with van der Waals surface area (Å²) in [5.74, 6) is -1.07. The molecular formula is C18H21N3O5. The number of nitrogens with one attached hydrogen (secondary N) is 1. The number of aromatic carboxylic acids is 1. The zero-order chi connectivity index (χ0) is 19.4. The van der Waals surface area contributed by atoms with Crippen molar-refractivity contribution in [3.63, 3.8) is 0 Å². The van der Waals surface area contributed by atoms with Crippen LogP contribution in [0.25, 0.3) is 0 Å². The number of rotatable bonds is 6. The monoisotopic (exact) mass is 359 g/mol. The van der Waals surface area contributed by atoms with E-state index >= 15 is 0 Å². The first kappa shape index (κ1) is 19.2. The lowest BCUT2D eigenvalue weighted by Gasteiger charge is -2.12. The number of hydrogen-bond donors (Lipinski definition) is 2. The molecule has 0 radical (unpaired) electrons. The quantitative estimate of drug-likeness (QED) is 0.798. The normalized spacial score (nSPS) is 10.5. The molecule has 0 spiro atoms. The maximum Gasteiger partial charge on any atom is 0.335 e. The van der Waals surface area contributed by atoms with Crippen LogP contribution in [0.5, 0.6) is 5.75 Å². The van der Waals surface area contributed by atoms with E-state index in [9.17, 15) is 14.4 Å². The molecule has 0 aliphatic carbocycles. The van der Waals surface area contributed by atoms with Crippen molar-refractivity contribution in [2.45, 2.75) is 20.3 Å². The number of carboxylic acids is 1. The number of benzene rings is 1. The highest BCUT2D eigenvalue weighted by molar-refractivity contribution is 5.95. The molecule has 138 valence electrons. The second-order valence-corrected chi connectivity index (χ2v) is 5.85. The lowest BCUT2D eigenvalue weighted by Crippen LogP contribution is -2.35. The lowest BCUT2D eigenvalue weighted by molar-refractivity contribution is 0.0696. The number of carbonyl (C=O) groups excluding carboxylic acids is 1. The average molecular weight is 359 g/mol. The Kier molecular flexibility index (Phi) is 5.76. The second-order valence-electron chi connectivity index (χ2n) is 5.85. The first-order valence-corrected chi connectivity index (χ1v) is 7.99. The molecule has 2 rings (SSSR count). The molecule has 8 heteroatoms. The van der Waals surface area contributed by atoms with Gasteiger partial charge in [-0.1, -0.05) is 6.07 Å². The fourth-order valence-electron chi connectivity index (χ4n) is 2.60. The van der Waals surface area contributed by atoms with Gasteiger partial charge in [-0.05, 0) is 43.5 Å². The standard InChI is InChI=1S/C18H21N3O5/c1-10-11(2)20-21(3)17(23)15(10)16(22)19-8-7-12-5-6-13(18(24)25)9-14(12)26-4/h5-6,9H,7-8H2,1-4H3,(H,19,22)(H,24,25). The van der Waals surface area contributed by atoms with Gasteiger partial charge in [0.15, 0.2) is 0 Å². The number of ether oxygens (including phenoxy) is 1. The summed E-state index contributed by atoms with van der Waals surface area (Å²) in [5, 5.41) is 15.8. The van der Waals surface area contributed by atoms with Crippen molar-refractivity contribution in [1.82, 2.24) is 15.1 Å². The third kappa shape index (κ3) is 3.90. The summed E-state index contributed by atoms with van der Waals surface area (Å²) in [5.41, 5.74) is 1.67. The van der Waals surface area contributed by atoms with Crippen molar-refractivity contribution in [3.8, 4) is 5.75 Å². The smallest absolute Gasteiger partial charge is 0.335 e. The number of nitrogens with zero attached hydrogens (tertiary/aromatic N) is 2. The molecule has 1 heterocycles. The van der Waals surface area contributed by atoms with Gasteiger partial charge in [-0.15, -0.1) is 0 Å². The zero-order valence-corrected chi connectivity index (χ0v) is 15.1. The van der Waals surface area contributed by atoms with Crippen LogP contribution in [0.3, 0.4) is 0 Å². The molecule has 0 saturated heterocycles. The van der Waals surface area contributed by atoms with Crippen molar-refractivity contribution in [1.29, 1.82) is 0 Å². The van der Waals surface area contributed by atoms with Crippen LogP contribution in [-0.2, 0) is 13.5 Å². The molecule has 0 aliphatic rings. The summed E-state index contributed by atoms with van der Waals surface area (Å²) in [4.78, 5) is 35.6. The summed E-state index contributed by atoms with van der Waals surface area (Å²) in [6.07, 6.45) is 0.429. The Bertz CT molecular complexity index is 918. The second kappa shape index (κ2) is 7.81. The minimum Gasteiger partial charge on any atom is -0.496 e. The highest BCUT2D eigenvalue weighted by atomic mass is 16.5. The molecule has 8 nitrogen and oxygen atoms in total. The van der Waals surface area contributed by atoms with E-state index in [-0.39, 0.29) is 17.7 Å². The van der Waals surface area contributed by atoms with Gasteiger partial charge in [0.1, 0.15) is 11.3 Å². The van der Waals surface area contributed by atoms with Gasteiger partial charge >= 0.3 is 5.97 Å². The Morgan fingerprint density at radius 3 is 2.62 bits per heavy atom. The van der Waals surface area contributed by atoms with Crippen LogP contribution >= 0.6 is 0 Å². The average Bonchev–Trinajstić information content (AvgIpc) is 2.60. The molecule has 26 heavy (non-hydrogen) atoms. The Morgan fingerprint density at radius 1 is 1.31 bits per heavy atom. The van der Waals surface area contributed by atoms with E-state index in [1.807, 2.05) is 0 Å². The van der Waals surface area contributed by atoms with Gasteiger partial charge in [0, 0.05) is 13.6 Å². The number of methoxy groups -OCH3 is 1. The third-order valence-electron chi connectivity index (χ3n) is 4.17. The number of amides is 1. The number of aromatic nitrogens is 2. The molecule has 2 N–H and O–H groups in total. The van der Waals surface area contributed by atoms with Gasteiger partial charge in [-0.25, -0.2) is 9.48 Å². The summed E-state index contributed by atoms with van der Waals surface area (Å²) in [7, 11) is 2.95. The molecule has 0 saturated carbocycles. The molecule has 0 atom stereocenters. The molecule has 0 unspecified atom stereocenters. The van der Waals surface area contributed by atoms with Gasteiger partial charge in [-0.2, -0.15) is 5.10 Å². The topological polar surface area (TPSA) is 111 Å². The number of carbonyl (C=O) groups is 2. The van der Waals surface area contributed by atoms with Crippen molar-refractivity contribution >= 4 is 11.9 Å². The number of hydrogen-bond acceptors (Lipinski definition) is 5. The van der Waals surface area contributed by atoms with E-state index in [2.05, 4.69) is 10.4 Å². The van der Waals surface area contributed by atoms with Crippen molar-refractivity contribution in [3.05, 3.63) is 56.5 Å². The van der Waals surface area contributed by atoms with Gasteiger partial charge in [0.2, 0.25) is 0 Å². The molecule has 0 bridgehead atoms. The Balaban J connectivity index is 2.13. The maximum absolute atomic E-state index is 12.4. The fourth-order valence-corrected chi connectivity index (χ4v) is 2.60. The minimum absolute atomic E-state index is 0.0770. The molecule has 1 amide bonds. The highest BCUT2D eigenvalue weighted by Gasteiger charge is 2.17. The largest absolute Gasteiger partial charge is 0.496 e. The SMILES string of the molecule is COc1cc(C(=O)O)ccc1CCNC(=O)c1c(C)c(C)nn(C)c1=O. The summed E-state index contributed by atoms with van der Waals surface area (Å²) < 4.78 is 6.35. The van der Waals surface area contributed by atoms with Crippen molar-refractivity contribution in [2.24, 2.45) is 7.05 Å². The predicted molar refractivity (Wildman–Crippen MR) is 94.9 cm³/mol. The molecule has 1 aromatic carbocycles. The van der Waals surface area contributed by atoms with Crippen LogP contribution in [0.4, 0.5) is 0 Å². The molecule has 2 aromatic rings. The zero-order valence-electron chi connectivity index (χ0n) is 15.1. The lowest BCUT2D eigenvalue weighted by atomic mass is 10.1. The van der Waals surface area contributed by atoms with Crippen LogP contribution in [0.15, 0.2) is 23.0 Å². The Morgan fingerprint density at radius 2 is 2.00 bits per heavy atom. The predicted octanol–water partition coefficient (Wildman–Crippen LogP) is 1.08. The van der Waals surface area contributed by atoms with E-state index in [0.29, 0.717) is 23.4 Å². The summed E-state index contributed by atoms with van der Waals surface area (Å²) in [6.45, 7) is 3.69. The summed E-state index contributed by atoms with van der Waals surface area (Å²) in [6, 6.07) is 4.56. The van der Waals surface area contributed by atoms with Crippen LogP contribution in [0.2, 0.25) is 0 Å². The van der Waals surface area contributed by atoms with Crippen LogP contribution in [0, 0.1) is 13.8 Å². The van der Waals surface area contributed by atoms with Crippen LogP contribution < -0.4 is 15.6 Å². The van der Waals surface area contributed by atoms with Crippen LogP contribution in [-0.4, -0.2) is 40.4 Å². The van der Waals surface area contributed by atoms with Crippen LogP contribution in [0.1, 0.15) is 37.5 Å². The van der Waals surface area contributed by atoms with E-state index in [1.165, 1.54) is 26.3 Å². The van der Waals surface area contributed by atoms with Gasteiger partial charge in [-0.3, -0.25) is 9.59 Å².